The van der Waals surface area contributed by atoms with Gasteiger partial charge in [0.2, 0.25) is 0 Å². The molecule has 1 aromatic rings. The number of nitrogens with zero attached hydrogens (tertiary/aromatic N) is 1. The topological polar surface area (TPSA) is 45.1 Å². The first-order valence-corrected chi connectivity index (χ1v) is 5.49. The molecule has 1 aromatic heterocycles. The van der Waals surface area contributed by atoms with Crippen molar-refractivity contribution in [1.82, 2.24) is 10.3 Å². The Morgan fingerprint density at radius 1 is 1.40 bits per heavy atom. The lowest BCUT2D eigenvalue weighted by atomic mass is 10.0. The minimum atomic E-state index is 0.168. The molecule has 0 aliphatic rings. The Balaban J connectivity index is 2.63. The van der Waals surface area contributed by atoms with Crippen LogP contribution in [0.3, 0.4) is 0 Å². The Hall–Kier alpha value is -0.930. The summed E-state index contributed by atoms with van der Waals surface area (Å²) >= 11 is 0. The van der Waals surface area contributed by atoms with Crippen LogP contribution in [0.2, 0.25) is 0 Å². The van der Waals surface area contributed by atoms with Gasteiger partial charge in [-0.05, 0) is 24.5 Å². The average Bonchev–Trinajstić information content (AvgIpc) is 2.25. The van der Waals surface area contributed by atoms with Gasteiger partial charge in [0.25, 0.3) is 0 Å². The summed E-state index contributed by atoms with van der Waals surface area (Å²) in [5.41, 5.74) is 1.06. The van der Waals surface area contributed by atoms with Gasteiger partial charge in [0.05, 0.1) is 12.3 Å². The maximum atomic E-state index is 8.81. The van der Waals surface area contributed by atoms with E-state index in [9.17, 15) is 0 Å². The number of aromatic nitrogens is 1. The summed E-state index contributed by atoms with van der Waals surface area (Å²) in [5.74, 6) is 0.614. The molecule has 84 valence electrons. The van der Waals surface area contributed by atoms with Crippen molar-refractivity contribution < 1.29 is 5.11 Å². The molecule has 3 heteroatoms. The van der Waals surface area contributed by atoms with E-state index < -0.39 is 0 Å². The fourth-order valence-electron chi connectivity index (χ4n) is 1.60. The first kappa shape index (κ1) is 12.1. The molecule has 0 aliphatic heterocycles. The van der Waals surface area contributed by atoms with Crippen molar-refractivity contribution in [1.29, 1.82) is 0 Å². The van der Waals surface area contributed by atoms with E-state index in [0.29, 0.717) is 12.5 Å². The molecule has 1 heterocycles. The molecule has 1 unspecified atom stereocenters. The van der Waals surface area contributed by atoms with Crippen LogP contribution in [0, 0.1) is 5.92 Å². The summed E-state index contributed by atoms with van der Waals surface area (Å²) in [6, 6.07) is 6.19. The number of aliphatic hydroxyl groups excluding tert-OH is 1. The van der Waals surface area contributed by atoms with Crippen LogP contribution >= 0.6 is 0 Å². The van der Waals surface area contributed by atoms with E-state index in [1.165, 1.54) is 0 Å². The molecule has 0 amide bonds. The second kappa shape index (κ2) is 6.53. The third kappa shape index (κ3) is 4.40. The lowest BCUT2D eigenvalue weighted by Gasteiger charge is -2.19. The highest BCUT2D eigenvalue weighted by atomic mass is 16.3. The van der Waals surface area contributed by atoms with Gasteiger partial charge in [0.1, 0.15) is 0 Å². The van der Waals surface area contributed by atoms with Gasteiger partial charge in [0, 0.05) is 18.8 Å². The molecular weight excluding hydrogens is 188 g/mol. The average molecular weight is 208 g/mol. The van der Waals surface area contributed by atoms with Crippen LogP contribution in [0.4, 0.5) is 0 Å². The van der Waals surface area contributed by atoms with Crippen molar-refractivity contribution in [2.45, 2.75) is 26.3 Å². The molecule has 1 rings (SSSR count). The van der Waals surface area contributed by atoms with E-state index in [2.05, 4.69) is 24.1 Å². The monoisotopic (exact) mass is 208 g/mol. The van der Waals surface area contributed by atoms with Crippen molar-refractivity contribution in [3.63, 3.8) is 0 Å². The van der Waals surface area contributed by atoms with E-state index in [-0.39, 0.29) is 12.6 Å². The van der Waals surface area contributed by atoms with Crippen molar-refractivity contribution in [2.24, 2.45) is 5.92 Å². The zero-order valence-corrected chi connectivity index (χ0v) is 9.48. The zero-order valence-electron chi connectivity index (χ0n) is 9.48. The molecule has 0 aliphatic carbocycles. The van der Waals surface area contributed by atoms with Crippen LogP contribution < -0.4 is 5.32 Å². The number of rotatable bonds is 6. The second-order valence-corrected chi connectivity index (χ2v) is 4.11. The van der Waals surface area contributed by atoms with Gasteiger partial charge in [-0.3, -0.25) is 4.98 Å². The Kier molecular flexibility index (Phi) is 5.29. The predicted molar refractivity (Wildman–Crippen MR) is 61.5 cm³/mol. The SMILES string of the molecule is CC(C)CC(NCCO)c1ccccn1. The molecule has 0 spiro atoms. The largest absolute Gasteiger partial charge is 0.395 e. The minimum Gasteiger partial charge on any atom is -0.395 e. The normalized spacial score (nSPS) is 13.1. The molecule has 0 radical (unpaired) electrons. The number of pyridine rings is 1. The molecule has 3 nitrogen and oxygen atoms in total. The van der Waals surface area contributed by atoms with Crippen LogP contribution in [0.5, 0.6) is 0 Å². The van der Waals surface area contributed by atoms with Gasteiger partial charge in [0.15, 0.2) is 0 Å². The lowest BCUT2D eigenvalue weighted by Crippen LogP contribution is -2.26. The molecule has 15 heavy (non-hydrogen) atoms. The predicted octanol–water partition coefficient (Wildman–Crippen LogP) is 1.75. The summed E-state index contributed by atoms with van der Waals surface area (Å²) in [6.07, 6.45) is 2.85. The van der Waals surface area contributed by atoms with E-state index in [1.54, 1.807) is 0 Å². The van der Waals surface area contributed by atoms with Crippen molar-refractivity contribution in [3.05, 3.63) is 30.1 Å². The summed E-state index contributed by atoms with van der Waals surface area (Å²) in [7, 11) is 0. The van der Waals surface area contributed by atoms with Gasteiger partial charge < -0.3 is 10.4 Å². The Morgan fingerprint density at radius 2 is 2.20 bits per heavy atom. The zero-order chi connectivity index (χ0) is 11.1. The third-order valence-corrected chi connectivity index (χ3v) is 2.25. The summed E-state index contributed by atoms with van der Waals surface area (Å²) in [4.78, 5) is 4.34. The smallest absolute Gasteiger partial charge is 0.0573 e. The van der Waals surface area contributed by atoms with E-state index >= 15 is 0 Å². The third-order valence-electron chi connectivity index (χ3n) is 2.25. The quantitative estimate of drug-likeness (QED) is 0.748. The maximum Gasteiger partial charge on any atom is 0.0573 e. The molecule has 2 N–H and O–H groups in total. The molecule has 1 atom stereocenters. The van der Waals surface area contributed by atoms with Crippen LogP contribution in [-0.4, -0.2) is 23.2 Å². The highest BCUT2D eigenvalue weighted by Gasteiger charge is 2.12. The van der Waals surface area contributed by atoms with Crippen LogP contribution in [0.1, 0.15) is 32.0 Å². The molecule has 0 fully saturated rings. The van der Waals surface area contributed by atoms with Crippen LogP contribution in [0.25, 0.3) is 0 Å². The minimum absolute atomic E-state index is 0.168. The van der Waals surface area contributed by atoms with E-state index in [1.807, 2.05) is 24.4 Å². The lowest BCUT2D eigenvalue weighted by molar-refractivity contribution is 0.278. The molecule has 0 saturated heterocycles. The highest BCUT2D eigenvalue weighted by Crippen LogP contribution is 2.18. The maximum absolute atomic E-state index is 8.81. The Bertz CT molecular complexity index is 262. The van der Waals surface area contributed by atoms with Crippen molar-refractivity contribution >= 4 is 0 Å². The Morgan fingerprint density at radius 3 is 2.73 bits per heavy atom. The number of hydrogen-bond acceptors (Lipinski definition) is 3. The first-order valence-electron chi connectivity index (χ1n) is 5.49. The molecular formula is C12H20N2O. The fourth-order valence-corrected chi connectivity index (χ4v) is 1.60. The second-order valence-electron chi connectivity index (χ2n) is 4.11. The number of hydrogen-bond donors (Lipinski definition) is 2. The standard InChI is InChI=1S/C12H20N2O/c1-10(2)9-12(14-7-8-15)11-5-3-4-6-13-11/h3-6,10,12,14-15H,7-9H2,1-2H3. The first-order chi connectivity index (χ1) is 7.24. The van der Waals surface area contributed by atoms with Gasteiger partial charge in [-0.15, -0.1) is 0 Å². The van der Waals surface area contributed by atoms with Crippen molar-refractivity contribution in [2.75, 3.05) is 13.2 Å². The Labute approximate surface area is 91.5 Å². The van der Waals surface area contributed by atoms with Gasteiger partial charge in [-0.2, -0.15) is 0 Å². The van der Waals surface area contributed by atoms with Crippen LogP contribution in [0.15, 0.2) is 24.4 Å². The van der Waals surface area contributed by atoms with E-state index in [4.69, 9.17) is 5.11 Å². The molecule has 0 saturated carbocycles. The number of nitrogens with one attached hydrogen (secondary N) is 1. The highest BCUT2D eigenvalue weighted by molar-refractivity contribution is 5.08. The van der Waals surface area contributed by atoms with Gasteiger partial charge >= 0.3 is 0 Å². The van der Waals surface area contributed by atoms with Crippen molar-refractivity contribution in [3.8, 4) is 0 Å². The van der Waals surface area contributed by atoms with Gasteiger partial charge in [-0.1, -0.05) is 19.9 Å². The number of aliphatic hydroxyl groups is 1. The van der Waals surface area contributed by atoms with Crippen LogP contribution in [-0.2, 0) is 0 Å². The molecule has 0 bridgehead atoms. The fraction of sp³-hybridized carbons (Fsp3) is 0.583. The summed E-state index contributed by atoms with van der Waals surface area (Å²) in [5, 5.41) is 12.1. The van der Waals surface area contributed by atoms with Gasteiger partial charge in [-0.25, -0.2) is 0 Å². The summed E-state index contributed by atoms with van der Waals surface area (Å²) in [6.45, 7) is 5.17. The molecule has 0 aromatic carbocycles. The summed E-state index contributed by atoms with van der Waals surface area (Å²) < 4.78 is 0. The van der Waals surface area contributed by atoms with E-state index in [0.717, 1.165) is 12.1 Å².